The van der Waals surface area contributed by atoms with Gasteiger partial charge < -0.3 is 23.7 Å². The van der Waals surface area contributed by atoms with Crippen LogP contribution in [0.4, 0.5) is 0 Å². The van der Waals surface area contributed by atoms with E-state index in [4.69, 9.17) is 23.7 Å². The second-order valence-electron chi connectivity index (χ2n) is 7.40. The maximum absolute atomic E-state index is 6.22. The Kier molecular flexibility index (Phi) is 5.57. The monoisotopic (exact) mass is 370 g/mol. The zero-order chi connectivity index (χ0) is 18.7. The highest BCUT2D eigenvalue weighted by Crippen LogP contribution is 2.36. The molecule has 4 rings (SSSR count). The summed E-state index contributed by atoms with van der Waals surface area (Å²) in [7, 11) is 0. The molecule has 0 radical (unpaired) electrons. The van der Waals surface area contributed by atoms with Gasteiger partial charge in [-0.3, -0.25) is 0 Å². The van der Waals surface area contributed by atoms with Crippen molar-refractivity contribution < 1.29 is 23.7 Å². The van der Waals surface area contributed by atoms with Gasteiger partial charge in [0, 0.05) is 0 Å². The van der Waals surface area contributed by atoms with Crippen molar-refractivity contribution in [2.24, 2.45) is 0 Å². The van der Waals surface area contributed by atoms with Crippen LogP contribution in [0.15, 0.2) is 60.7 Å². The Morgan fingerprint density at radius 1 is 0.852 bits per heavy atom. The van der Waals surface area contributed by atoms with Gasteiger partial charge in [-0.1, -0.05) is 60.7 Å². The van der Waals surface area contributed by atoms with Crippen molar-refractivity contribution >= 4 is 0 Å². The van der Waals surface area contributed by atoms with Gasteiger partial charge in [0.2, 0.25) is 0 Å². The normalized spacial score (nSPS) is 29.4. The molecule has 5 heteroatoms. The standard InChI is InChI=1S/C22H26O5/c1-22(2)26-18-15-25-21(24-14-17-11-7-4-8-12-17)20(19(18)27-22)23-13-16-9-5-3-6-10-16/h3-12,18-21H,13-15H2,1-2H3/t18-,19+,20+,21+/m0/s1. The molecule has 2 aromatic rings. The van der Waals surface area contributed by atoms with E-state index in [1.165, 1.54) is 0 Å². The molecule has 2 fully saturated rings. The SMILES string of the molecule is CC1(C)O[C@H]2[C@@H](OCc3ccccc3)[C@H](OCc3ccccc3)OC[C@@H]2O1. The topological polar surface area (TPSA) is 46.2 Å². The number of fused-ring (bicyclic) bond motifs is 1. The minimum atomic E-state index is -0.651. The summed E-state index contributed by atoms with van der Waals surface area (Å²) in [6.07, 6.45) is -1.25. The molecule has 0 aromatic heterocycles. The third kappa shape index (κ3) is 4.57. The van der Waals surface area contributed by atoms with Gasteiger partial charge in [0.25, 0.3) is 0 Å². The molecule has 4 atom stereocenters. The molecule has 0 unspecified atom stereocenters. The summed E-state index contributed by atoms with van der Waals surface area (Å²) < 4.78 is 30.3. The predicted octanol–water partition coefficient (Wildman–Crippen LogP) is 3.67. The lowest BCUT2D eigenvalue weighted by atomic mass is 10.1. The van der Waals surface area contributed by atoms with Crippen molar-refractivity contribution in [3.63, 3.8) is 0 Å². The van der Waals surface area contributed by atoms with E-state index in [0.717, 1.165) is 11.1 Å². The van der Waals surface area contributed by atoms with Gasteiger partial charge in [-0.2, -0.15) is 0 Å². The van der Waals surface area contributed by atoms with E-state index in [1.54, 1.807) is 0 Å². The summed E-state index contributed by atoms with van der Waals surface area (Å²) in [5.74, 6) is -0.651. The van der Waals surface area contributed by atoms with Crippen molar-refractivity contribution in [2.45, 2.75) is 57.5 Å². The van der Waals surface area contributed by atoms with Crippen LogP contribution in [0.25, 0.3) is 0 Å². The zero-order valence-electron chi connectivity index (χ0n) is 15.7. The largest absolute Gasteiger partial charge is 0.365 e. The Labute approximate surface area is 160 Å². The van der Waals surface area contributed by atoms with Crippen molar-refractivity contribution in [3.05, 3.63) is 71.8 Å². The molecule has 0 aliphatic carbocycles. The summed E-state index contributed by atoms with van der Waals surface area (Å²) in [4.78, 5) is 0. The smallest absolute Gasteiger partial charge is 0.186 e. The Balaban J connectivity index is 1.46. The van der Waals surface area contributed by atoms with E-state index in [1.807, 2.05) is 74.5 Å². The minimum Gasteiger partial charge on any atom is -0.365 e. The van der Waals surface area contributed by atoms with E-state index in [2.05, 4.69) is 0 Å². The second-order valence-corrected chi connectivity index (χ2v) is 7.40. The maximum atomic E-state index is 6.22. The van der Waals surface area contributed by atoms with Gasteiger partial charge in [-0.25, -0.2) is 0 Å². The van der Waals surface area contributed by atoms with E-state index in [0.29, 0.717) is 19.8 Å². The van der Waals surface area contributed by atoms with Crippen LogP contribution >= 0.6 is 0 Å². The van der Waals surface area contributed by atoms with Crippen LogP contribution in [0.5, 0.6) is 0 Å². The summed E-state index contributed by atoms with van der Waals surface area (Å²) in [6, 6.07) is 20.1. The van der Waals surface area contributed by atoms with E-state index >= 15 is 0 Å². The van der Waals surface area contributed by atoms with Gasteiger partial charge in [0.15, 0.2) is 12.1 Å². The Bertz CT molecular complexity index is 718. The first kappa shape index (κ1) is 18.6. The maximum Gasteiger partial charge on any atom is 0.186 e. The van der Waals surface area contributed by atoms with Crippen molar-refractivity contribution in [3.8, 4) is 0 Å². The fraction of sp³-hybridized carbons (Fsp3) is 0.455. The average Bonchev–Trinajstić information content (AvgIpc) is 3.00. The van der Waals surface area contributed by atoms with Crippen LogP contribution in [0.2, 0.25) is 0 Å². The quantitative estimate of drug-likeness (QED) is 0.776. The molecule has 2 aliphatic rings. The number of hydrogen-bond donors (Lipinski definition) is 0. The van der Waals surface area contributed by atoms with Gasteiger partial charge in [-0.15, -0.1) is 0 Å². The zero-order valence-corrected chi connectivity index (χ0v) is 15.7. The number of benzene rings is 2. The fourth-order valence-electron chi connectivity index (χ4n) is 3.55. The first-order chi connectivity index (χ1) is 13.1. The molecule has 2 heterocycles. The van der Waals surface area contributed by atoms with Crippen molar-refractivity contribution in [2.75, 3.05) is 6.61 Å². The van der Waals surface area contributed by atoms with Crippen molar-refractivity contribution in [1.29, 1.82) is 0 Å². The number of ether oxygens (including phenoxy) is 5. The highest BCUT2D eigenvalue weighted by atomic mass is 16.8. The van der Waals surface area contributed by atoms with Crippen LogP contribution in [-0.2, 0) is 36.9 Å². The molecule has 0 spiro atoms. The van der Waals surface area contributed by atoms with E-state index in [-0.39, 0.29) is 18.3 Å². The average molecular weight is 370 g/mol. The van der Waals surface area contributed by atoms with Crippen LogP contribution in [0.1, 0.15) is 25.0 Å². The van der Waals surface area contributed by atoms with Gasteiger partial charge >= 0.3 is 0 Å². The lowest BCUT2D eigenvalue weighted by Gasteiger charge is -2.37. The molecule has 2 saturated heterocycles. The Morgan fingerprint density at radius 3 is 2.07 bits per heavy atom. The molecule has 144 valence electrons. The summed E-state index contributed by atoms with van der Waals surface area (Å²) in [5.41, 5.74) is 2.19. The molecule has 0 amide bonds. The van der Waals surface area contributed by atoms with Crippen LogP contribution in [-0.4, -0.2) is 37.0 Å². The third-order valence-corrected chi connectivity index (χ3v) is 4.78. The molecule has 2 aromatic carbocycles. The predicted molar refractivity (Wildman–Crippen MR) is 99.8 cm³/mol. The third-order valence-electron chi connectivity index (χ3n) is 4.78. The summed E-state index contributed by atoms with van der Waals surface area (Å²) in [5, 5.41) is 0. The van der Waals surface area contributed by atoms with Gasteiger partial charge in [0.1, 0.15) is 18.3 Å². The molecule has 5 nitrogen and oxygen atoms in total. The fourth-order valence-corrected chi connectivity index (χ4v) is 3.55. The molecule has 2 aliphatic heterocycles. The van der Waals surface area contributed by atoms with Crippen LogP contribution in [0, 0.1) is 0 Å². The van der Waals surface area contributed by atoms with Crippen molar-refractivity contribution in [1.82, 2.24) is 0 Å². The highest BCUT2D eigenvalue weighted by molar-refractivity contribution is 5.14. The molecular formula is C22H26O5. The van der Waals surface area contributed by atoms with Gasteiger partial charge in [0.05, 0.1) is 19.8 Å². The number of hydrogen-bond acceptors (Lipinski definition) is 5. The van der Waals surface area contributed by atoms with E-state index < -0.39 is 12.1 Å². The van der Waals surface area contributed by atoms with Crippen LogP contribution < -0.4 is 0 Å². The molecule has 0 saturated carbocycles. The first-order valence-corrected chi connectivity index (χ1v) is 9.39. The van der Waals surface area contributed by atoms with E-state index in [9.17, 15) is 0 Å². The first-order valence-electron chi connectivity index (χ1n) is 9.39. The Morgan fingerprint density at radius 2 is 1.44 bits per heavy atom. The van der Waals surface area contributed by atoms with Gasteiger partial charge in [-0.05, 0) is 25.0 Å². The minimum absolute atomic E-state index is 0.155. The summed E-state index contributed by atoms with van der Waals surface area (Å²) >= 11 is 0. The highest BCUT2D eigenvalue weighted by Gasteiger charge is 2.52. The Hall–Kier alpha value is -1.76. The lowest BCUT2D eigenvalue weighted by molar-refractivity contribution is -0.270. The molecule has 0 N–H and O–H groups in total. The number of rotatable bonds is 6. The van der Waals surface area contributed by atoms with Crippen LogP contribution in [0.3, 0.4) is 0 Å². The lowest BCUT2D eigenvalue weighted by Crippen LogP contribution is -2.53. The molecular weight excluding hydrogens is 344 g/mol. The molecule has 27 heavy (non-hydrogen) atoms. The second kappa shape index (κ2) is 8.09. The molecule has 0 bridgehead atoms. The summed E-state index contributed by atoms with van der Waals surface area (Å²) in [6.45, 7) is 5.18.